The molecule has 1 aliphatic rings. The third-order valence-electron chi connectivity index (χ3n) is 4.77. The molecule has 3 N–H and O–H groups in total. The molecule has 1 atom stereocenters. The summed E-state index contributed by atoms with van der Waals surface area (Å²) in [6, 6.07) is 13.7. The second kappa shape index (κ2) is 9.75. The lowest BCUT2D eigenvalue weighted by Gasteiger charge is -2.17. The molecule has 1 heterocycles. The Morgan fingerprint density at radius 3 is 2.39 bits per heavy atom. The van der Waals surface area contributed by atoms with Gasteiger partial charge in [0.15, 0.2) is 0 Å². The van der Waals surface area contributed by atoms with Gasteiger partial charge in [-0.2, -0.15) is 0 Å². The Kier molecular flexibility index (Phi) is 6.86. The van der Waals surface area contributed by atoms with Gasteiger partial charge in [-0.1, -0.05) is 6.07 Å². The lowest BCUT2D eigenvalue weighted by Crippen LogP contribution is -2.37. The van der Waals surface area contributed by atoms with Crippen LogP contribution in [0.1, 0.15) is 13.3 Å². The fraction of sp³-hybridized carbons (Fsp3) is 0.273. The summed E-state index contributed by atoms with van der Waals surface area (Å²) in [6.45, 7) is 1.41. The first-order valence-electron chi connectivity index (χ1n) is 9.75. The van der Waals surface area contributed by atoms with Crippen molar-refractivity contribution in [2.24, 2.45) is 5.92 Å². The minimum atomic E-state index is -0.537. The highest BCUT2D eigenvalue weighted by molar-refractivity contribution is 6.01. The van der Waals surface area contributed by atoms with Crippen molar-refractivity contribution < 1.29 is 23.9 Å². The summed E-state index contributed by atoms with van der Waals surface area (Å²) in [5.41, 5.74) is 1.74. The standard InChI is InChI=1S/C22H24N4O5/c1-14(27)24-16-4-3-5-17(11-16)25-20(28)12-23-22(30)15-10-21(29)26(13-15)18-6-8-19(31-2)9-7-18/h3-9,11,15H,10,12-13H2,1-2H3,(H,23,30)(H,24,27)(H,25,28)/t15-/m0/s1. The number of carbonyl (C=O) groups is 4. The highest BCUT2D eigenvalue weighted by Gasteiger charge is 2.35. The summed E-state index contributed by atoms with van der Waals surface area (Å²) in [5, 5.41) is 7.87. The average Bonchev–Trinajstić information content (AvgIpc) is 3.13. The average molecular weight is 424 g/mol. The molecule has 3 rings (SSSR count). The molecule has 0 aliphatic carbocycles. The summed E-state index contributed by atoms with van der Waals surface area (Å²) < 4.78 is 5.11. The smallest absolute Gasteiger partial charge is 0.243 e. The van der Waals surface area contributed by atoms with Gasteiger partial charge in [-0.05, 0) is 42.5 Å². The molecule has 31 heavy (non-hydrogen) atoms. The summed E-state index contributed by atoms with van der Waals surface area (Å²) in [7, 11) is 1.56. The number of hydrogen-bond donors (Lipinski definition) is 3. The monoisotopic (exact) mass is 424 g/mol. The van der Waals surface area contributed by atoms with Crippen LogP contribution in [0.2, 0.25) is 0 Å². The second-order valence-corrected chi connectivity index (χ2v) is 7.13. The summed E-state index contributed by atoms with van der Waals surface area (Å²) >= 11 is 0. The third-order valence-corrected chi connectivity index (χ3v) is 4.77. The lowest BCUT2D eigenvalue weighted by molar-refractivity contribution is -0.127. The van der Waals surface area contributed by atoms with Crippen LogP contribution < -0.4 is 25.6 Å². The van der Waals surface area contributed by atoms with E-state index < -0.39 is 11.8 Å². The molecule has 0 saturated carbocycles. The van der Waals surface area contributed by atoms with Gasteiger partial charge in [-0.25, -0.2) is 0 Å². The van der Waals surface area contributed by atoms with Crippen molar-refractivity contribution in [1.82, 2.24) is 5.32 Å². The van der Waals surface area contributed by atoms with Crippen LogP contribution in [0.25, 0.3) is 0 Å². The molecule has 162 valence electrons. The number of ether oxygens (including phenoxy) is 1. The van der Waals surface area contributed by atoms with Crippen molar-refractivity contribution in [3.8, 4) is 5.75 Å². The van der Waals surface area contributed by atoms with Crippen molar-refractivity contribution in [2.45, 2.75) is 13.3 Å². The van der Waals surface area contributed by atoms with E-state index in [1.807, 2.05) is 0 Å². The molecule has 0 radical (unpaired) electrons. The highest BCUT2D eigenvalue weighted by Crippen LogP contribution is 2.26. The molecule has 1 saturated heterocycles. The zero-order valence-electron chi connectivity index (χ0n) is 17.3. The zero-order valence-corrected chi connectivity index (χ0v) is 17.3. The van der Waals surface area contributed by atoms with Crippen LogP contribution in [0.5, 0.6) is 5.75 Å². The first kappa shape index (κ1) is 21.8. The van der Waals surface area contributed by atoms with Gasteiger partial charge in [0.1, 0.15) is 5.75 Å². The minimum Gasteiger partial charge on any atom is -0.497 e. The molecule has 0 bridgehead atoms. The van der Waals surface area contributed by atoms with Gasteiger partial charge in [0, 0.05) is 37.0 Å². The van der Waals surface area contributed by atoms with Crippen LogP contribution >= 0.6 is 0 Å². The van der Waals surface area contributed by atoms with Crippen LogP contribution in [0, 0.1) is 5.92 Å². The number of benzene rings is 2. The van der Waals surface area contributed by atoms with Crippen LogP contribution in [0.15, 0.2) is 48.5 Å². The SMILES string of the molecule is COc1ccc(N2C[C@@H](C(=O)NCC(=O)Nc3cccc(NC(C)=O)c3)CC2=O)cc1. The lowest BCUT2D eigenvalue weighted by atomic mass is 10.1. The Morgan fingerprint density at radius 2 is 1.74 bits per heavy atom. The predicted molar refractivity (Wildman–Crippen MR) is 116 cm³/mol. The van der Waals surface area contributed by atoms with Gasteiger partial charge in [-0.3, -0.25) is 19.2 Å². The fourth-order valence-electron chi connectivity index (χ4n) is 3.29. The molecule has 9 heteroatoms. The third kappa shape index (κ3) is 5.81. The van der Waals surface area contributed by atoms with E-state index in [4.69, 9.17) is 4.74 Å². The summed E-state index contributed by atoms with van der Waals surface area (Å²) in [4.78, 5) is 49.7. The van der Waals surface area contributed by atoms with Gasteiger partial charge >= 0.3 is 0 Å². The van der Waals surface area contributed by atoms with Gasteiger partial charge in [0.05, 0.1) is 19.6 Å². The van der Waals surface area contributed by atoms with Crippen molar-refractivity contribution in [3.05, 3.63) is 48.5 Å². The number of hydrogen-bond acceptors (Lipinski definition) is 5. The number of anilines is 3. The fourth-order valence-corrected chi connectivity index (χ4v) is 3.29. The molecule has 2 aromatic carbocycles. The van der Waals surface area contributed by atoms with Gasteiger partial charge in [0.25, 0.3) is 0 Å². The molecule has 1 fully saturated rings. The molecule has 0 spiro atoms. The Morgan fingerprint density at radius 1 is 1.06 bits per heavy atom. The first-order valence-corrected chi connectivity index (χ1v) is 9.75. The maximum atomic E-state index is 12.5. The van der Waals surface area contributed by atoms with E-state index in [1.165, 1.54) is 6.92 Å². The van der Waals surface area contributed by atoms with Crippen LogP contribution in [-0.4, -0.2) is 43.8 Å². The Labute approximate surface area is 179 Å². The number of amides is 4. The van der Waals surface area contributed by atoms with E-state index in [-0.39, 0.29) is 37.2 Å². The van der Waals surface area contributed by atoms with Crippen LogP contribution in [0.3, 0.4) is 0 Å². The predicted octanol–water partition coefficient (Wildman–Crippen LogP) is 1.76. The summed E-state index contributed by atoms with van der Waals surface area (Å²) in [5.74, 6) is -0.991. The molecular weight excluding hydrogens is 400 g/mol. The van der Waals surface area contributed by atoms with Crippen molar-refractivity contribution in [3.63, 3.8) is 0 Å². The van der Waals surface area contributed by atoms with E-state index in [9.17, 15) is 19.2 Å². The molecule has 9 nitrogen and oxygen atoms in total. The maximum Gasteiger partial charge on any atom is 0.243 e. The molecular formula is C22H24N4O5. The first-order chi connectivity index (χ1) is 14.9. The van der Waals surface area contributed by atoms with Gasteiger partial charge in [-0.15, -0.1) is 0 Å². The second-order valence-electron chi connectivity index (χ2n) is 7.13. The minimum absolute atomic E-state index is 0.0816. The Bertz CT molecular complexity index is 990. The highest BCUT2D eigenvalue weighted by atomic mass is 16.5. The van der Waals surface area contributed by atoms with Gasteiger partial charge in [0.2, 0.25) is 23.6 Å². The molecule has 0 unspecified atom stereocenters. The van der Waals surface area contributed by atoms with Gasteiger partial charge < -0.3 is 25.6 Å². The van der Waals surface area contributed by atoms with E-state index in [0.29, 0.717) is 22.8 Å². The Hall–Kier alpha value is -3.88. The van der Waals surface area contributed by atoms with Crippen LogP contribution in [-0.2, 0) is 19.2 Å². The topological polar surface area (TPSA) is 117 Å². The number of carbonyl (C=O) groups excluding carboxylic acids is 4. The van der Waals surface area contributed by atoms with E-state index in [1.54, 1.807) is 60.5 Å². The molecule has 0 aromatic heterocycles. The number of rotatable bonds is 7. The molecule has 2 aromatic rings. The number of nitrogens with one attached hydrogen (secondary N) is 3. The molecule has 1 aliphatic heterocycles. The van der Waals surface area contributed by atoms with Crippen molar-refractivity contribution in [1.29, 1.82) is 0 Å². The summed E-state index contributed by atoms with van der Waals surface area (Å²) in [6.07, 6.45) is 0.0816. The van der Waals surface area contributed by atoms with Crippen molar-refractivity contribution in [2.75, 3.05) is 35.7 Å². The van der Waals surface area contributed by atoms with Crippen molar-refractivity contribution >= 4 is 40.7 Å². The Balaban J connectivity index is 1.50. The molecule has 4 amide bonds. The van der Waals surface area contributed by atoms with E-state index >= 15 is 0 Å². The zero-order chi connectivity index (χ0) is 22.4. The maximum absolute atomic E-state index is 12.5. The number of methoxy groups -OCH3 is 1. The quantitative estimate of drug-likeness (QED) is 0.626. The largest absolute Gasteiger partial charge is 0.497 e. The normalized spacial score (nSPS) is 15.4. The van der Waals surface area contributed by atoms with Crippen LogP contribution in [0.4, 0.5) is 17.1 Å². The van der Waals surface area contributed by atoms with E-state index in [2.05, 4.69) is 16.0 Å². The van der Waals surface area contributed by atoms with E-state index in [0.717, 1.165) is 0 Å². The number of nitrogens with zero attached hydrogens (tertiary/aromatic N) is 1.